The summed E-state index contributed by atoms with van der Waals surface area (Å²) in [5, 5.41) is 4.06. The average molecular weight is 207 g/mol. The summed E-state index contributed by atoms with van der Waals surface area (Å²) in [6.07, 6.45) is 1.70. The topological polar surface area (TPSA) is 50.4 Å². The van der Waals surface area contributed by atoms with Gasteiger partial charge in [0.1, 0.15) is 0 Å². The third kappa shape index (κ3) is 3.14. The third-order valence-electron chi connectivity index (χ3n) is 1.80. The molecule has 0 saturated carbocycles. The number of nitrogens with one attached hydrogen (secondary N) is 1. The Kier molecular flexibility index (Phi) is 3.59. The number of nitrogens with zero attached hydrogens (tertiary/aromatic N) is 1. The maximum Gasteiger partial charge on any atom is 0.184 e. The van der Waals surface area contributed by atoms with Gasteiger partial charge in [0.05, 0.1) is 6.21 Å². The van der Waals surface area contributed by atoms with Gasteiger partial charge in [-0.1, -0.05) is 23.8 Å². The largest absolute Gasteiger partial charge is 0.375 e. The fourth-order valence-corrected chi connectivity index (χ4v) is 1.19. The Morgan fingerprint density at radius 1 is 1.50 bits per heavy atom. The number of hydrazone groups is 1. The Labute approximate surface area is 89.0 Å². The van der Waals surface area contributed by atoms with Crippen molar-refractivity contribution in [2.24, 2.45) is 10.8 Å². The molecule has 0 aliphatic rings. The van der Waals surface area contributed by atoms with E-state index in [-0.39, 0.29) is 5.11 Å². The van der Waals surface area contributed by atoms with Gasteiger partial charge in [-0.15, -0.1) is 0 Å². The van der Waals surface area contributed by atoms with Crippen LogP contribution in [0.3, 0.4) is 0 Å². The zero-order valence-electron chi connectivity index (χ0n) is 8.24. The predicted molar refractivity (Wildman–Crippen MR) is 63.4 cm³/mol. The Morgan fingerprint density at radius 2 is 2.21 bits per heavy atom. The summed E-state index contributed by atoms with van der Waals surface area (Å²) in [6, 6.07) is 6.15. The van der Waals surface area contributed by atoms with Crippen LogP contribution in [0.2, 0.25) is 0 Å². The number of hydrogen-bond acceptors (Lipinski definition) is 2. The molecule has 1 aromatic rings. The lowest BCUT2D eigenvalue weighted by Crippen LogP contribution is -2.24. The van der Waals surface area contributed by atoms with E-state index in [1.54, 1.807) is 6.21 Å². The van der Waals surface area contributed by atoms with Crippen LogP contribution in [0.4, 0.5) is 0 Å². The van der Waals surface area contributed by atoms with E-state index in [1.165, 1.54) is 11.1 Å². The van der Waals surface area contributed by atoms with Crippen molar-refractivity contribution in [3.8, 4) is 0 Å². The van der Waals surface area contributed by atoms with Gasteiger partial charge in [-0.3, -0.25) is 5.43 Å². The third-order valence-corrected chi connectivity index (χ3v) is 1.89. The molecular formula is C10H13N3S. The van der Waals surface area contributed by atoms with E-state index in [2.05, 4.69) is 35.7 Å². The average Bonchev–Trinajstić information content (AvgIpc) is 2.08. The zero-order valence-corrected chi connectivity index (χ0v) is 9.06. The van der Waals surface area contributed by atoms with Gasteiger partial charge in [0.25, 0.3) is 0 Å². The van der Waals surface area contributed by atoms with Crippen LogP contribution in [0.25, 0.3) is 0 Å². The smallest absolute Gasteiger partial charge is 0.184 e. The van der Waals surface area contributed by atoms with E-state index >= 15 is 0 Å². The van der Waals surface area contributed by atoms with Crippen molar-refractivity contribution in [1.82, 2.24) is 5.43 Å². The molecule has 0 radical (unpaired) electrons. The first-order valence-electron chi connectivity index (χ1n) is 4.25. The maximum absolute atomic E-state index is 5.23. The highest BCUT2D eigenvalue weighted by Crippen LogP contribution is 2.07. The van der Waals surface area contributed by atoms with E-state index in [1.807, 2.05) is 19.1 Å². The monoisotopic (exact) mass is 207 g/mol. The molecule has 0 bridgehead atoms. The minimum absolute atomic E-state index is 0.172. The molecule has 4 heteroatoms. The van der Waals surface area contributed by atoms with Crippen molar-refractivity contribution in [2.75, 3.05) is 0 Å². The first-order chi connectivity index (χ1) is 6.59. The minimum atomic E-state index is 0.172. The second-order valence-corrected chi connectivity index (χ2v) is 3.53. The summed E-state index contributed by atoms with van der Waals surface area (Å²) in [5.74, 6) is 0. The highest BCUT2D eigenvalue weighted by atomic mass is 32.1. The molecule has 0 aromatic heterocycles. The van der Waals surface area contributed by atoms with Crippen LogP contribution in [0.1, 0.15) is 16.7 Å². The van der Waals surface area contributed by atoms with E-state index in [0.717, 1.165) is 5.56 Å². The van der Waals surface area contributed by atoms with Crippen LogP contribution in [-0.2, 0) is 0 Å². The Hall–Kier alpha value is -1.42. The quantitative estimate of drug-likeness (QED) is 0.438. The molecule has 0 saturated heterocycles. The lowest BCUT2D eigenvalue weighted by atomic mass is 10.1. The molecule has 0 spiro atoms. The van der Waals surface area contributed by atoms with Gasteiger partial charge in [0.15, 0.2) is 5.11 Å². The fraction of sp³-hybridized carbons (Fsp3) is 0.200. The zero-order chi connectivity index (χ0) is 10.6. The molecule has 0 amide bonds. The number of hydrogen-bond donors (Lipinski definition) is 2. The van der Waals surface area contributed by atoms with Crippen LogP contribution >= 0.6 is 12.2 Å². The first kappa shape index (κ1) is 10.7. The van der Waals surface area contributed by atoms with Crippen LogP contribution in [-0.4, -0.2) is 11.3 Å². The summed E-state index contributed by atoms with van der Waals surface area (Å²) < 4.78 is 0. The van der Waals surface area contributed by atoms with Gasteiger partial charge in [-0.25, -0.2) is 0 Å². The van der Waals surface area contributed by atoms with Gasteiger partial charge >= 0.3 is 0 Å². The normalized spacial score (nSPS) is 10.4. The standard InChI is InChI=1S/C10H13N3S/c1-7-3-4-9(8(2)5-7)6-12-13-10(11)14/h3-6H,1-2H3,(H3,11,13,14). The van der Waals surface area contributed by atoms with Gasteiger partial charge < -0.3 is 5.73 Å². The lowest BCUT2D eigenvalue weighted by Gasteiger charge is -2.01. The van der Waals surface area contributed by atoms with E-state index in [0.29, 0.717) is 0 Å². The highest BCUT2D eigenvalue weighted by Gasteiger charge is 1.94. The Morgan fingerprint density at radius 3 is 2.79 bits per heavy atom. The SMILES string of the molecule is Cc1ccc(C=NNC(N)=S)c(C)c1. The maximum atomic E-state index is 5.23. The van der Waals surface area contributed by atoms with Gasteiger partial charge in [-0.2, -0.15) is 5.10 Å². The fourth-order valence-electron chi connectivity index (χ4n) is 1.14. The number of nitrogens with two attached hydrogens (primary N) is 1. The summed E-state index contributed by atoms with van der Waals surface area (Å²) in [7, 11) is 0. The molecule has 14 heavy (non-hydrogen) atoms. The first-order valence-corrected chi connectivity index (χ1v) is 4.66. The van der Waals surface area contributed by atoms with E-state index < -0.39 is 0 Å². The Bertz CT molecular complexity index is 372. The summed E-state index contributed by atoms with van der Waals surface area (Å²) in [6.45, 7) is 4.09. The molecule has 1 rings (SSSR count). The molecule has 0 atom stereocenters. The van der Waals surface area contributed by atoms with Crippen molar-refractivity contribution in [3.63, 3.8) is 0 Å². The highest BCUT2D eigenvalue weighted by molar-refractivity contribution is 7.80. The molecule has 3 N–H and O–H groups in total. The van der Waals surface area contributed by atoms with Crippen molar-refractivity contribution in [1.29, 1.82) is 0 Å². The molecule has 0 aliphatic heterocycles. The van der Waals surface area contributed by atoms with Crippen molar-refractivity contribution < 1.29 is 0 Å². The van der Waals surface area contributed by atoms with Crippen molar-refractivity contribution in [3.05, 3.63) is 34.9 Å². The molecule has 0 fully saturated rings. The van der Waals surface area contributed by atoms with Gasteiger partial charge in [0.2, 0.25) is 0 Å². The van der Waals surface area contributed by atoms with Crippen LogP contribution in [0.5, 0.6) is 0 Å². The molecule has 0 aliphatic carbocycles. The minimum Gasteiger partial charge on any atom is -0.375 e. The summed E-state index contributed by atoms with van der Waals surface area (Å²) >= 11 is 4.62. The van der Waals surface area contributed by atoms with Gasteiger partial charge in [-0.05, 0) is 37.2 Å². The second kappa shape index (κ2) is 4.72. The summed E-state index contributed by atoms with van der Waals surface area (Å²) in [4.78, 5) is 0. The van der Waals surface area contributed by atoms with E-state index in [9.17, 15) is 0 Å². The molecule has 3 nitrogen and oxygen atoms in total. The van der Waals surface area contributed by atoms with Crippen LogP contribution < -0.4 is 11.2 Å². The Balaban J connectivity index is 2.76. The number of aryl methyl sites for hydroxylation is 2. The molecular weight excluding hydrogens is 194 g/mol. The lowest BCUT2D eigenvalue weighted by molar-refractivity contribution is 1.04. The number of thiocarbonyl (C=S) groups is 1. The van der Waals surface area contributed by atoms with Crippen LogP contribution in [0, 0.1) is 13.8 Å². The summed E-state index contributed by atoms with van der Waals surface area (Å²) in [5.41, 5.74) is 11.2. The van der Waals surface area contributed by atoms with Crippen molar-refractivity contribution >= 4 is 23.5 Å². The van der Waals surface area contributed by atoms with E-state index in [4.69, 9.17) is 5.73 Å². The predicted octanol–water partition coefficient (Wildman–Crippen LogP) is 1.47. The molecule has 0 heterocycles. The molecule has 0 unspecified atom stereocenters. The number of benzene rings is 1. The van der Waals surface area contributed by atoms with Crippen molar-refractivity contribution in [2.45, 2.75) is 13.8 Å². The molecule has 1 aromatic carbocycles. The number of rotatable bonds is 2. The van der Waals surface area contributed by atoms with Crippen LogP contribution in [0.15, 0.2) is 23.3 Å². The molecule has 74 valence electrons. The van der Waals surface area contributed by atoms with Gasteiger partial charge in [0, 0.05) is 0 Å². The second-order valence-electron chi connectivity index (χ2n) is 3.09.